The third kappa shape index (κ3) is 16.5. The number of primary amides is 3. The third-order valence-corrected chi connectivity index (χ3v) is 6.09. The van der Waals surface area contributed by atoms with Crippen LogP contribution in [0.2, 0.25) is 0 Å². The van der Waals surface area contributed by atoms with Crippen molar-refractivity contribution in [3.63, 3.8) is 0 Å². The van der Waals surface area contributed by atoms with Crippen LogP contribution in [0.25, 0.3) is 0 Å². The Hall–Kier alpha value is -5.75. The summed E-state index contributed by atoms with van der Waals surface area (Å²) in [6, 6.07) is 1.93. The molecule has 0 radical (unpaired) electrons. The first-order valence-electron chi connectivity index (χ1n) is 14.6. The van der Waals surface area contributed by atoms with Gasteiger partial charge < -0.3 is 53.6 Å². The van der Waals surface area contributed by atoms with E-state index >= 15 is 0 Å². The molecule has 19 nitrogen and oxygen atoms in total. The lowest BCUT2D eigenvalue weighted by atomic mass is 10.0. The number of carbonyl (C=O) groups is 9. The summed E-state index contributed by atoms with van der Waals surface area (Å²) in [5.74, 6) is -8.37. The van der Waals surface area contributed by atoms with Gasteiger partial charge >= 0.3 is 12.1 Å². The molecule has 0 fully saturated rings. The lowest BCUT2D eigenvalue weighted by Crippen LogP contribution is -2.59. The Bertz CT molecular complexity index is 1360. The molecule has 264 valence electrons. The number of alkyl carbamates (subject to hydrolysis) is 1. The summed E-state index contributed by atoms with van der Waals surface area (Å²) < 4.78 is 5.10. The molecule has 12 N–H and O–H groups in total. The maximum atomic E-state index is 13.5. The van der Waals surface area contributed by atoms with Gasteiger partial charge in [0.25, 0.3) is 0 Å². The second-order valence-corrected chi connectivity index (χ2v) is 11.5. The lowest BCUT2D eigenvalue weighted by Gasteiger charge is -2.26. The summed E-state index contributed by atoms with van der Waals surface area (Å²) >= 11 is 0. The fourth-order valence-corrected chi connectivity index (χ4v) is 3.99. The molecule has 0 spiro atoms. The van der Waals surface area contributed by atoms with Gasteiger partial charge in [-0.2, -0.15) is 0 Å². The molecule has 0 saturated carbocycles. The van der Waals surface area contributed by atoms with Crippen LogP contribution in [0.1, 0.15) is 52.0 Å². The van der Waals surface area contributed by atoms with E-state index in [9.17, 15) is 43.2 Å². The predicted octanol–water partition coefficient (Wildman–Crippen LogP) is -3.21. The number of carboxylic acids is 1. The van der Waals surface area contributed by atoms with Gasteiger partial charge in [0, 0.05) is 12.8 Å². The first-order valence-corrected chi connectivity index (χ1v) is 14.6. The van der Waals surface area contributed by atoms with Crippen LogP contribution in [-0.4, -0.2) is 94.8 Å². The number of hydrogen-bond acceptors (Lipinski definition) is 10. The number of ether oxygens (including phenoxy) is 1. The van der Waals surface area contributed by atoms with Gasteiger partial charge in [0.1, 0.15) is 36.3 Å². The van der Waals surface area contributed by atoms with Crippen LogP contribution in [0.3, 0.4) is 0 Å². The molecule has 0 aromatic heterocycles. The molecule has 0 saturated heterocycles. The van der Waals surface area contributed by atoms with Crippen molar-refractivity contribution < 1.29 is 53.0 Å². The van der Waals surface area contributed by atoms with Crippen LogP contribution in [0, 0.1) is 0 Å². The monoisotopic (exact) mass is 678 g/mol. The van der Waals surface area contributed by atoms with Gasteiger partial charge in [-0.1, -0.05) is 30.3 Å². The average molecular weight is 679 g/mol. The topological polar surface area (TPSA) is 321 Å². The number of amides is 8. The molecular formula is C29H42N8O11. The van der Waals surface area contributed by atoms with Crippen LogP contribution in [-0.2, 0) is 49.5 Å². The molecule has 0 unspecified atom stereocenters. The van der Waals surface area contributed by atoms with E-state index in [2.05, 4.69) is 26.6 Å². The molecule has 0 aliphatic carbocycles. The van der Waals surface area contributed by atoms with Crippen LogP contribution in [0.15, 0.2) is 30.3 Å². The van der Waals surface area contributed by atoms with Crippen molar-refractivity contribution in [3.8, 4) is 0 Å². The predicted molar refractivity (Wildman–Crippen MR) is 166 cm³/mol. The summed E-state index contributed by atoms with van der Waals surface area (Å²) in [4.78, 5) is 111. The zero-order chi connectivity index (χ0) is 36.6. The van der Waals surface area contributed by atoms with Gasteiger partial charge in [-0.15, -0.1) is 0 Å². The number of nitrogens with one attached hydrogen (secondary N) is 5. The third-order valence-electron chi connectivity index (χ3n) is 6.09. The fourth-order valence-electron chi connectivity index (χ4n) is 3.99. The van der Waals surface area contributed by atoms with Crippen molar-refractivity contribution in [1.29, 1.82) is 0 Å². The Morgan fingerprint density at radius 3 is 1.65 bits per heavy atom. The smallest absolute Gasteiger partial charge is 0.408 e. The van der Waals surface area contributed by atoms with Crippen molar-refractivity contribution in [3.05, 3.63) is 35.9 Å². The normalized spacial score (nSPS) is 13.3. The van der Waals surface area contributed by atoms with Crippen molar-refractivity contribution in [2.45, 2.75) is 82.6 Å². The molecule has 0 aliphatic heterocycles. The van der Waals surface area contributed by atoms with Crippen molar-refractivity contribution in [1.82, 2.24) is 26.6 Å². The van der Waals surface area contributed by atoms with E-state index in [4.69, 9.17) is 27.0 Å². The van der Waals surface area contributed by atoms with Gasteiger partial charge in [-0.3, -0.25) is 38.4 Å². The number of nitrogens with two attached hydrogens (primary N) is 3. The lowest BCUT2D eigenvalue weighted by molar-refractivity contribution is -0.138. The zero-order valence-electron chi connectivity index (χ0n) is 26.7. The summed E-state index contributed by atoms with van der Waals surface area (Å²) in [6.45, 7) is 3.86. The molecule has 0 bridgehead atoms. The van der Waals surface area contributed by atoms with Gasteiger partial charge in [0.2, 0.25) is 41.4 Å². The van der Waals surface area contributed by atoms with Crippen LogP contribution >= 0.6 is 0 Å². The van der Waals surface area contributed by atoms with E-state index in [0.717, 1.165) is 0 Å². The Morgan fingerprint density at radius 1 is 0.688 bits per heavy atom. The Balaban J connectivity index is 3.33. The number of hydrogen-bond donors (Lipinski definition) is 9. The molecule has 4 atom stereocenters. The zero-order valence-corrected chi connectivity index (χ0v) is 26.7. The van der Waals surface area contributed by atoms with E-state index in [1.54, 1.807) is 51.1 Å². The minimum absolute atomic E-state index is 0.181. The summed E-state index contributed by atoms with van der Waals surface area (Å²) in [5.41, 5.74) is 15.2. The molecule has 1 aromatic carbocycles. The highest BCUT2D eigenvalue weighted by molar-refractivity contribution is 5.98. The SMILES string of the molecule is CC(C)(C)OC(=O)N[C@@H](CC(N)=O)C(=O)N[C@@H](CC(N)=O)C(=O)N[C@@H](Cc1ccccc1)C(=O)N[C@@H](CCC(N)=O)C(=O)NCC(=O)O. The van der Waals surface area contributed by atoms with Gasteiger partial charge in [-0.05, 0) is 32.8 Å². The van der Waals surface area contributed by atoms with Crippen LogP contribution in [0.5, 0.6) is 0 Å². The largest absolute Gasteiger partial charge is 0.480 e. The maximum absolute atomic E-state index is 13.5. The standard InChI is InChI=1S/C29H42N8O11/c1-29(2,3)48-28(47)37-19(13-22(32)40)27(46)36-18(12-21(31)39)26(45)35-17(11-15-7-5-4-6-8-15)25(44)34-16(9-10-20(30)38)24(43)33-14-23(41)42/h4-8,16-19H,9-14H2,1-3H3,(H2,30,38)(H2,31,39)(H2,32,40)(H,33,43)(H,34,44)(H,35,45)(H,36,46)(H,37,47)(H,41,42)/t16-,17-,18-,19-/m0/s1. The average Bonchev–Trinajstić information content (AvgIpc) is 2.95. The highest BCUT2D eigenvalue weighted by Crippen LogP contribution is 2.09. The van der Waals surface area contributed by atoms with E-state index < -0.39 is 103 Å². The highest BCUT2D eigenvalue weighted by atomic mass is 16.6. The molecule has 19 heteroatoms. The van der Waals surface area contributed by atoms with E-state index in [-0.39, 0.29) is 19.3 Å². The van der Waals surface area contributed by atoms with Crippen LogP contribution < -0.4 is 43.8 Å². The van der Waals surface area contributed by atoms with Gasteiger partial charge in [0.05, 0.1) is 12.8 Å². The second-order valence-electron chi connectivity index (χ2n) is 11.5. The Kier molecular flexibility index (Phi) is 16.0. The first kappa shape index (κ1) is 40.3. The molecule has 48 heavy (non-hydrogen) atoms. The van der Waals surface area contributed by atoms with Crippen LogP contribution in [0.4, 0.5) is 4.79 Å². The molecule has 8 amide bonds. The van der Waals surface area contributed by atoms with E-state index in [0.29, 0.717) is 5.56 Å². The van der Waals surface area contributed by atoms with Crippen molar-refractivity contribution >= 4 is 53.4 Å². The number of benzene rings is 1. The Morgan fingerprint density at radius 2 is 1.17 bits per heavy atom. The summed E-state index contributed by atoms with van der Waals surface area (Å²) in [6.07, 6.45) is -3.45. The molecule has 0 heterocycles. The first-order chi connectivity index (χ1) is 22.3. The quantitative estimate of drug-likeness (QED) is 0.0701. The second kappa shape index (κ2) is 19.0. The minimum Gasteiger partial charge on any atom is -0.480 e. The van der Waals surface area contributed by atoms with Crippen molar-refractivity contribution in [2.24, 2.45) is 17.2 Å². The minimum atomic E-state index is -1.73. The van der Waals surface area contributed by atoms with E-state index in [1.807, 2.05) is 0 Å². The molecule has 0 aliphatic rings. The van der Waals surface area contributed by atoms with Crippen molar-refractivity contribution in [2.75, 3.05) is 6.54 Å². The van der Waals surface area contributed by atoms with E-state index in [1.165, 1.54) is 0 Å². The summed E-state index contributed by atoms with van der Waals surface area (Å²) in [5, 5.41) is 20.1. The molecular weight excluding hydrogens is 636 g/mol. The number of carboxylic acid groups (broad SMARTS) is 1. The van der Waals surface area contributed by atoms with Gasteiger partial charge in [-0.25, -0.2) is 4.79 Å². The fraction of sp³-hybridized carbons (Fsp3) is 0.483. The maximum Gasteiger partial charge on any atom is 0.408 e. The Labute approximate surface area is 275 Å². The van der Waals surface area contributed by atoms with Gasteiger partial charge in [0.15, 0.2) is 0 Å². The highest BCUT2D eigenvalue weighted by Gasteiger charge is 2.33. The number of carbonyl (C=O) groups excluding carboxylic acids is 8. The number of rotatable bonds is 19. The molecule has 1 aromatic rings. The number of aliphatic carboxylic acids is 1. The molecule has 1 rings (SSSR count). The summed E-state index contributed by atoms with van der Waals surface area (Å²) in [7, 11) is 0.